The van der Waals surface area contributed by atoms with Gasteiger partial charge in [-0.3, -0.25) is 19.7 Å². The summed E-state index contributed by atoms with van der Waals surface area (Å²) in [5.74, 6) is -1.87. The molecule has 0 aliphatic heterocycles. The fraction of sp³-hybridized carbons (Fsp3) is 0.333. The number of hydrogen-bond donors (Lipinski definition) is 2. The Morgan fingerprint density at radius 3 is 2.74 bits per heavy atom. The Kier molecular flexibility index (Phi) is 4.63. The Morgan fingerprint density at radius 1 is 1.43 bits per heavy atom. The Balaban J connectivity index is 2.17. The number of nitrogens with one attached hydrogen (secondary N) is 1. The van der Waals surface area contributed by atoms with Gasteiger partial charge in [0.05, 0.1) is 17.3 Å². The molecular weight excluding hydrogens is 302 g/mol. The molecule has 1 amide bonds. The van der Waals surface area contributed by atoms with Crippen LogP contribution in [0.2, 0.25) is 0 Å². The van der Waals surface area contributed by atoms with Gasteiger partial charge in [0.15, 0.2) is 0 Å². The quantitative estimate of drug-likeness (QED) is 0.622. The first-order chi connectivity index (χ1) is 10.8. The van der Waals surface area contributed by atoms with Crippen LogP contribution in [0.15, 0.2) is 24.4 Å². The summed E-state index contributed by atoms with van der Waals surface area (Å²) in [7, 11) is 1.54. The van der Waals surface area contributed by atoms with Gasteiger partial charge in [0, 0.05) is 42.8 Å². The van der Waals surface area contributed by atoms with E-state index in [1.165, 1.54) is 24.0 Å². The molecule has 0 spiro atoms. The first-order valence-corrected chi connectivity index (χ1v) is 7.00. The molecule has 0 bridgehead atoms. The van der Waals surface area contributed by atoms with Crippen molar-refractivity contribution in [3.8, 4) is 0 Å². The second-order valence-electron chi connectivity index (χ2n) is 5.49. The van der Waals surface area contributed by atoms with Crippen molar-refractivity contribution in [3.05, 3.63) is 40.1 Å². The molecule has 1 heterocycles. The van der Waals surface area contributed by atoms with E-state index in [9.17, 15) is 19.7 Å². The van der Waals surface area contributed by atoms with E-state index in [-0.39, 0.29) is 24.6 Å². The number of aromatic nitrogens is 1. The van der Waals surface area contributed by atoms with Crippen molar-refractivity contribution in [1.82, 2.24) is 9.88 Å². The average molecular weight is 319 g/mol. The molecule has 122 valence electrons. The topological polar surface area (TPSA) is 117 Å². The molecule has 2 rings (SSSR count). The standard InChI is InChI=1S/C15H17N3O5/c1-9(15(20)21)8-17(2)14(19)5-10-7-16-13-4-3-11(18(22)23)6-12(10)13/h3-4,6-7,9,16H,5,8H2,1-2H3,(H,20,21). The Bertz CT molecular complexity index is 768. The van der Waals surface area contributed by atoms with Crippen LogP contribution in [0.5, 0.6) is 0 Å². The van der Waals surface area contributed by atoms with Gasteiger partial charge in [-0.25, -0.2) is 0 Å². The molecule has 0 fully saturated rings. The third-order valence-electron chi connectivity index (χ3n) is 3.70. The number of nitro groups is 1. The van der Waals surface area contributed by atoms with Gasteiger partial charge >= 0.3 is 5.97 Å². The normalized spacial score (nSPS) is 12.1. The van der Waals surface area contributed by atoms with Crippen LogP contribution in [-0.2, 0) is 16.0 Å². The molecule has 8 nitrogen and oxygen atoms in total. The molecule has 0 saturated carbocycles. The Labute approximate surface area is 131 Å². The fourth-order valence-corrected chi connectivity index (χ4v) is 2.31. The van der Waals surface area contributed by atoms with Gasteiger partial charge in [-0.1, -0.05) is 6.92 Å². The number of amides is 1. The monoisotopic (exact) mass is 319 g/mol. The molecule has 0 aliphatic rings. The molecule has 2 aromatic rings. The summed E-state index contributed by atoms with van der Waals surface area (Å²) >= 11 is 0. The van der Waals surface area contributed by atoms with Crippen molar-refractivity contribution in [2.75, 3.05) is 13.6 Å². The highest BCUT2D eigenvalue weighted by molar-refractivity contribution is 5.90. The maximum Gasteiger partial charge on any atom is 0.308 e. The maximum absolute atomic E-state index is 12.2. The second kappa shape index (κ2) is 6.47. The van der Waals surface area contributed by atoms with Crippen LogP contribution in [-0.4, -0.2) is 45.4 Å². The van der Waals surface area contributed by atoms with Crippen LogP contribution in [0, 0.1) is 16.0 Å². The number of nitrogens with zero attached hydrogens (tertiary/aromatic N) is 2. The van der Waals surface area contributed by atoms with E-state index < -0.39 is 16.8 Å². The number of nitro benzene ring substituents is 1. The number of fused-ring (bicyclic) bond motifs is 1. The van der Waals surface area contributed by atoms with Crippen LogP contribution < -0.4 is 0 Å². The minimum atomic E-state index is -0.965. The summed E-state index contributed by atoms with van der Waals surface area (Å²) < 4.78 is 0. The van der Waals surface area contributed by atoms with Crippen LogP contribution >= 0.6 is 0 Å². The number of non-ortho nitro benzene ring substituents is 1. The summed E-state index contributed by atoms with van der Waals surface area (Å²) in [6, 6.07) is 4.41. The molecule has 0 saturated heterocycles. The van der Waals surface area contributed by atoms with Crippen molar-refractivity contribution < 1.29 is 19.6 Å². The molecule has 1 unspecified atom stereocenters. The molecule has 1 aromatic heterocycles. The van der Waals surface area contributed by atoms with Crippen LogP contribution in [0.1, 0.15) is 12.5 Å². The lowest BCUT2D eigenvalue weighted by molar-refractivity contribution is -0.384. The number of benzene rings is 1. The Hall–Kier alpha value is -2.90. The maximum atomic E-state index is 12.2. The van der Waals surface area contributed by atoms with Crippen LogP contribution in [0.4, 0.5) is 5.69 Å². The zero-order valence-corrected chi connectivity index (χ0v) is 12.8. The Morgan fingerprint density at radius 2 is 2.13 bits per heavy atom. The highest BCUT2D eigenvalue weighted by Gasteiger charge is 2.19. The van der Waals surface area contributed by atoms with Crippen molar-refractivity contribution in [2.45, 2.75) is 13.3 Å². The van der Waals surface area contributed by atoms with Crippen LogP contribution in [0.25, 0.3) is 10.9 Å². The smallest absolute Gasteiger partial charge is 0.308 e. The molecule has 1 aromatic carbocycles. The summed E-state index contributed by atoms with van der Waals surface area (Å²) in [6.45, 7) is 1.64. The van der Waals surface area contributed by atoms with Gasteiger partial charge in [0.1, 0.15) is 0 Å². The third-order valence-corrected chi connectivity index (χ3v) is 3.70. The van der Waals surface area contributed by atoms with E-state index in [0.717, 1.165) is 0 Å². The molecule has 2 N–H and O–H groups in total. The number of carbonyl (C=O) groups is 2. The largest absolute Gasteiger partial charge is 0.481 e. The second-order valence-corrected chi connectivity index (χ2v) is 5.49. The van der Waals surface area contributed by atoms with Gasteiger partial charge in [-0.05, 0) is 11.6 Å². The van der Waals surface area contributed by atoms with Crippen molar-refractivity contribution >= 4 is 28.5 Å². The molecule has 8 heteroatoms. The number of hydrogen-bond acceptors (Lipinski definition) is 4. The molecular formula is C15H17N3O5. The minimum absolute atomic E-state index is 0.0429. The lowest BCUT2D eigenvalue weighted by atomic mass is 10.1. The SMILES string of the molecule is CC(CN(C)C(=O)Cc1c[nH]c2ccc([N+](=O)[O-])cc12)C(=O)O. The highest BCUT2D eigenvalue weighted by atomic mass is 16.6. The van der Waals surface area contributed by atoms with Crippen molar-refractivity contribution in [1.29, 1.82) is 0 Å². The predicted molar refractivity (Wildman–Crippen MR) is 83.1 cm³/mol. The van der Waals surface area contributed by atoms with Crippen molar-refractivity contribution in [2.24, 2.45) is 5.92 Å². The highest BCUT2D eigenvalue weighted by Crippen LogP contribution is 2.24. The third kappa shape index (κ3) is 3.65. The van der Waals surface area contributed by atoms with E-state index in [2.05, 4.69) is 4.98 Å². The minimum Gasteiger partial charge on any atom is -0.481 e. The number of aliphatic carboxylic acids is 1. The number of aromatic amines is 1. The van der Waals surface area contributed by atoms with Gasteiger partial charge in [-0.15, -0.1) is 0 Å². The van der Waals surface area contributed by atoms with Gasteiger partial charge in [0.2, 0.25) is 5.91 Å². The first kappa shape index (κ1) is 16.5. The predicted octanol–water partition coefficient (Wildman–Crippen LogP) is 1.80. The molecule has 1 atom stereocenters. The summed E-state index contributed by atoms with van der Waals surface area (Å²) in [5.41, 5.74) is 1.31. The van der Waals surface area contributed by atoms with Gasteiger partial charge in [0.25, 0.3) is 5.69 Å². The zero-order valence-electron chi connectivity index (χ0n) is 12.8. The van der Waals surface area contributed by atoms with E-state index >= 15 is 0 Å². The number of carboxylic acids is 1. The summed E-state index contributed by atoms with van der Waals surface area (Å²) in [4.78, 5) is 37.8. The van der Waals surface area contributed by atoms with E-state index in [1.807, 2.05) is 0 Å². The van der Waals surface area contributed by atoms with E-state index in [4.69, 9.17) is 5.11 Å². The van der Waals surface area contributed by atoms with Crippen molar-refractivity contribution in [3.63, 3.8) is 0 Å². The summed E-state index contributed by atoms with van der Waals surface area (Å²) in [6.07, 6.45) is 1.69. The number of H-pyrrole nitrogens is 1. The number of likely N-dealkylation sites (N-methyl/N-ethyl adjacent to an activating group) is 1. The van der Waals surface area contributed by atoms with Crippen LogP contribution in [0.3, 0.4) is 0 Å². The fourth-order valence-electron chi connectivity index (χ4n) is 2.31. The average Bonchev–Trinajstić information content (AvgIpc) is 2.89. The summed E-state index contributed by atoms with van der Waals surface area (Å²) in [5, 5.41) is 20.4. The lowest BCUT2D eigenvalue weighted by Crippen LogP contribution is -2.34. The number of rotatable bonds is 6. The molecule has 0 radical (unpaired) electrons. The molecule has 23 heavy (non-hydrogen) atoms. The number of carboxylic acid groups (broad SMARTS) is 1. The van der Waals surface area contributed by atoms with E-state index in [1.54, 1.807) is 19.3 Å². The zero-order chi connectivity index (χ0) is 17.1. The molecule has 0 aliphatic carbocycles. The first-order valence-electron chi connectivity index (χ1n) is 7.00. The lowest BCUT2D eigenvalue weighted by Gasteiger charge is -2.19. The number of carbonyl (C=O) groups excluding carboxylic acids is 1. The van der Waals surface area contributed by atoms with Gasteiger partial charge < -0.3 is 15.0 Å². The van der Waals surface area contributed by atoms with E-state index in [0.29, 0.717) is 16.5 Å². The van der Waals surface area contributed by atoms with Gasteiger partial charge in [-0.2, -0.15) is 0 Å².